The second kappa shape index (κ2) is 8.81. The molecular formula is C23H21NO3. The molecule has 1 atom stereocenters. The summed E-state index contributed by atoms with van der Waals surface area (Å²) >= 11 is 0. The van der Waals surface area contributed by atoms with Crippen molar-refractivity contribution in [2.75, 3.05) is 7.11 Å². The summed E-state index contributed by atoms with van der Waals surface area (Å²) in [5.74, 6) is -0.210. The third kappa shape index (κ3) is 4.82. The molecule has 0 amide bonds. The number of hydrogen-bond acceptors (Lipinski definition) is 3. The number of hydrogen-bond donors (Lipinski definition) is 1. The van der Waals surface area contributed by atoms with E-state index < -0.39 is 12.0 Å². The van der Waals surface area contributed by atoms with Gasteiger partial charge in [-0.05, 0) is 17.7 Å². The summed E-state index contributed by atoms with van der Waals surface area (Å²) in [6.07, 6.45) is 0.308. The van der Waals surface area contributed by atoms with E-state index in [1.807, 2.05) is 84.9 Å². The van der Waals surface area contributed by atoms with Gasteiger partial charge in [0.2, 0.25) is 0 Å². The molecule has 0 aromatic heterocycles. The lowest BCUT2D eigenvalue weighted by atomic mass is 10.0. The third-order valence-electron chi connectivity index (χ3n) is 4.25. The fourth-order valence-electron chi connectivity index (χ4n) is 2.84. The second-order valence-electron chi connectivity index (χ2n) is 6.12. The van der Waals surface area contributed by atoms with Crippen LogP contribution in [0.5, 0.6) is 5.75 Å². The molecule has 136 valence electrons. The largest absolute Gasteiger partial charge is 0.497 e. The minimum absolute atomic E-state index is 0.308. The van der Waals surface area contributed by atoms with Crippen molar-refractivity contribution in [1.29, 1.82) is 0 Å². The van der Waals surface area contributed by atoms with E-state index in [-0.39, 0.29) is 0 Å². The third-order valence-corrected chi connectivity index (χ3v) is 4.25. The van der Waals surface area contributed by atoms with Gasteiger partial charge in [-0.1, -0.05) is 72.8 Å². The Morgan fingerprint density at radius 3 is 1.85 bits per heavy atom. The van der Waals surface area contributed by atoms with E-state index in [0.29, 0.717) is 12.1 Å². The molecular weight excluding hydrogens is 338 g/mol. The van der Waals surface area contributed by atoms with E-state index in [0.717, 1.165) is 22.4 Å². The summed E-state index contributed by atoms with van der Waals surface area (Å²) < 4.78 is 5.16. The zero-order valence-corrected chi connectivity index (χ0v) is 15.1. The Morgan fingerprint density at radius 2 is 1.41 bits per heavy atom. The molecule has 3 aromatic rings. The standard InChI is InChI=1S/C23H21NO3/c1-27-20-14-12-17(13-15-20)16-21(23(25)26)24-22(18-8-4-2-5-9-18)19-10-6-3-7-11-19/h2-15,21H,16H2,1H3,(H,25,26)/t21-/m1/s1. The molecule has 0 radical (unpaired) electrons. The highest BCUT2D eigenvalue weighted by atomic mass is 16.5. The fourth-order valence-corrected chi connectivity index (χ4v) is 2.84. The summed E-state index contributed by atoms with van der Waals surface area (Å²) in [5, 5.41) is 9.75. The minimum atomic E-state index is -0.949. The second-order valence-corrected chi connectivity index (χ2v) is 6.12. The molecule has 0 saturated carbocycles. The zero-order valence-electron chi connectivity index (χ0n) is 15.1. The van der Waals surface area contributed by atoms with Crippen molar-refractivity contribution in [2.45, 2.75) is 12.5 Å². The average molecular weight is 359 g/mol. The molecule has 4 nitrogen and oxygen atoms in total. The van der Waals surface area contributed by atoms with Gasteiger partial charge >= 0.3 is 5.97 Å². The molecule has 1 N–H and O–H groups in total. The van der Waals surface area contributed by atoms with Crippen LogP contribution in [0.25, 0.3) is 0 Å². The number of nitrogens with zero attached hydrogens (tertiary/aromatic N) is 1. The normalized spacial score (nSPS) is 11.4. The Morgan fingerprint density at radius 1 is 0.889 bits per heavy atom. The maximum Gasteiger partial charge on any atom is 0.328 e. The van der Waals surface area contributed by atoms with Crippen LogP contribution in [0, 0.1) is 0 Å². The molecule has 0 aliphatic carbocycles. The summed E-state index contributed by atoms with van der Waals surface area (Å²) in [5.41, 5.74) is 3.36. The molecule has 0 unspecified atom stereocenters. The Bertz CT molecular complexity index is 862. The van der Waals surface area contributed by atoms with Crippen LogP contribution in [0.15, 0.2) is 89.9 Å². The van der Waals surface area contributed by atoms with Gasteiger partial charge in [0.15, 0.2) is 6.04 Å². The van der Waals surface area contributed by atoms with Crippen molar-refractivity contribution in [3.63, 3.8) is 0 Å². The first-order valence-corrected chi connectivity index (χ1v) is 8.72. The molecule has 0 aliphatic rings. The van der Waals surface area contributed by atoms with Crippen LogP contribution in [0.2, 0.25) is 0 Å². The molecule has 0 saturated heterocycles. The summed E-state index contributed by atoms with van der Waals surface area (Å²) in [6, 6.07) is 25.8. The Kier molecular flexibility index (Phi) is 6.00. The van der Waals surface area contributed by atoms with Crippen LogP contribution in [-0.2, 0) is 11.2 Å². The predicted octanol–water partition coefficient (Wildman–Crippen LogP) is 4.23. The number of aliphatic imine (C=N–C) groups is 1. The van der Waals surface area contributed by atoms with Crippen LogP contribution in [0.4, 0.5) is 0 Å². The minimum Gasteiger partial charge on any atom is -0.497 e. The predicted molar refractivity (Wildman–Crippen MR) is 107 cm³/mol. The van der Waals surface area contributed by atoms with Gasteiger partial charge in [0.1, 0.15) is 5.75 Å². The first kappa shape index (κ1) is 18.4. The maximum absolute atomic E-state index is 11.9. The van der Waals surface area contributed by atoms with Gasteiger partial charge in [-0.25, -0.2) is 4.79 Å². The monoisotopic (exact) mass is 359 g/mol. The van der Waals surface area contributed by atoms with Crippen LogP contribution >= 0.6 is 0 Å². The van der Waals surface area contributed by atoms with Gasteiger partial charge in [0, 0.05) is 17.5 Å². The molecule has 3 aromatic carbocycles. The zero-order chi connectivity index (χ0) is 19.1. The van der Waals surface area contributed by atoms with Gasteiger partial charge in [0.05, 0.1) is 12.8 Å². The van der Waals surface area contributed by atoms with E-state index in [4.69, 9.17) is 4.74 Å². The molecule has 0 spiro atoms. The SMILES string of the molecule is COc1ccc(C[C@@H](N=C(c2ccccc2)c2ccccc2)C(=O)O)cc1. The Labute approximate surface area is 158 Å². The number of methoxy groups -OCH3 is 1. The van der Waals surface area contributed by atoms with Crippen molar-refractivity contribution in [3.05, 3.63) is 102 Å². The molecule has 0 heterocycles. The van der Waals surface area contributed by atoms with Gasteiger partial charge in [-0.3, -0.25) is 4.99 Å². The molecule has 0 bridgehead atoms. The highest BCUT2D eigenvalue weighted by Gasteiger charge is 2.19. The highest BCUT2D eigenvalue weighted by Crippen LogP contribution is 2.17. The molecule has 27 heavy (non-hydrogen) atoms. The molecule has 3 rings (SSSR count). The van der Waals surface area contributed by atoms with Gasteiger partial charge in [-0.15, -0.1) is 0 Å². The fraction of sp³-hybridized carbons (Fsp3) is 0.130. The number of carbonyl (C=O) groups is 1. The number of benzene rings is 3. The van der Waals surface area contributed by atoms with E-state index in [1.165, 1.54) is 0 Å². The van der Waals surface area contributed by atoms with E-state index in [1.54, 1.807) is 7.11 Å². The first-order valence-electron chi connectivity index (χ1n) is 8.72. The smallest absolute Gasteiger partial charge is 0.328 e. The summed E-state index contributed by atoms with van der Waals surface area (Å²) in [7, 11) is 1.60. The number of carboxylic acid groups (broad SMARTS) is 1. The number of ether oxygens (including phenoxy) is 1. The maximum atomic E-state index is 11.9. The first-order chi connectivity index (χ1) is 13.2. The van der Waals surface area contributed by atoms with Gasteiger partial charge < -0.3 is 9.84 Å². The van der Waals surface area contributed by atoms with Crippen molar-refractivity contribution in [2.24, 2.45) is 4.99 Å². The lowest BCUT2D eigenvalue weighted by Crippen LogP contribution is -2.23. The van der Waals surface area contributed by atoms with Gasteiger partial charge in [-0.2, -0.15) is 0 Å². The lowest BCUT2D eigenvalue weighted by Gasteiger charge is -2.13. The van der Waals surface area contributed by atoms with E-state index in [9.17, 15) is 9.90 Å². The molecule has 0 fully saturated rings. The number of rotatable bonds is 7. The molecule has 4 heteroatoms. The van der Waals surface area contributed by atoms with Gasteiger partial charge in [0.25, 0.3) is 0 Å². The summed E-state index contributed by atoms with van der Waals surface area (Å²) in [4.78, 5) is 16.5. The van der Waals surface area contributed by atoms with Crippen LogP contribution < -0.4 is 4.74 Å². The Hall–Kier alpha value is -3.40. The van der Waals surface area contributed by atoms with Crippen molar-refractivity contribution >= 4 is 11.7 Å². The number of aliphatic carboxylic acids is 1. The highest BCUT2D eigenvalue weighted by molar-refractivity contribution is 6.13. The van der Waals surface area contributed by atoms with Crippen LogP contribution in [-0.4, -0.2) is 29.9 Å². The van der Waals surface area contributed by atoms with Crippen molar-refractivity contribution in [3.8, 4) is 5.75 Å². The summed E-state index contributed by atoms with van der Waals surface area (Å²) in [6.45, 7) is 0. The average Bonchev–Trinajstić information content (AvgIpc) is 2.72. The quantitative estimate of drug-likeness (QED) is 0.642. The van der Waals surface area contributed by atoms with E-state index in [2.05, 4.69) is 4.99 Å². The van der Waals surface area contributed by atoms with Crippen molar-refractivity contribution < 1.29 is 14.6 Å². The topological polar surface area (TPSA) is 58.9 Å². The molecule has 0 aliphatic heterocycles. The number of carboxylic acids is 1. The Balaban J connectivity index is 1.97. The van der Waals surface area contributed by atoms with Crippen LogP contribution in [0.3, 0.4) is 0 Å². The van der Waals surface area contributed by atoms with E-state index >= 15 is 0 Å². The van der Waals surface area contributed by atoms with Crippen molar-refractivity contribution in [1.82, 2.24) is 0 Å². The lowest BCUT2D eigenvalue weighted by molar-refractivity contribution is -0.138. The van der Waals surface area contributed by atoms with Crippen LogP contribution in [0.1, 0.15) is 16.7 Å².